The number of rotatable bonds is 5. The lowest BCUT2D eigenvalue weighted by Gasteiger charge is -2.13. The Morgan fingerprint density at radius 3 is 2.86 bits per heavy atom. The topological polar surface area (TPSA) is 27.1 Å². The van der Waals surface area contributed by atoms with Gasteiger partial charge in [-0.3, -0.25) is 4.68 Å². The molecule has 0 saturated heterocycles. The highest BCUT2D eigenvalue weighted by atomic mass is 127. The fourth-order valence-corrected chi connectivity index (χ4v) is 1.78. The van der Waals surface area contributed by atoms with Crippen LogP contribution in [-0.4, -0.2) is 16.4 Å². The maximum absolute atomic E-state index is 5.43. The fourth-order valence-electron chi connectivity index (χ4n) is 1.25. The number of ether oxygens (including phenoxy) is 1. The first-order chi connectivity index (χ1) is 6.70. The largest absolute Gasteiger partial charge is 0.375 e. The summed E-state index contributed by atoms with van der Waals surface area (Å²) in [6, 6.07) is 0.453. The van der Waals surface area contributed by atoms with Gasteiger partial charge >= 0.3 is 0 Å². The van der Waals surface area contributed by atoms with Gasteiger partial charge in [0.15, 0.2) is 0 Å². The molecule has 0 N–H and O–H groups in total. The third-order valence-corrected chi connectivity index (χ3v) is 3.20. The van der Waals surface area contributed by atoms with Gasteiger partial charge in [0.2, 0.25) is 0 Å². The summed E-state index contributed by atoms with van der Waals surface area (Å²) in [5.74, 6) is 0. The fraction of sp³-hybridized carbons (Fsp3) is 0.700. The predicted octanol–water partition coefficient (Wildman–Crippen LogP) is 3.00. The lowest BCUT2D eigenvalue weighted by Crippen LogP contribution is -2.11. The molecule has 0 spiro atoms. The van der Waals surface area contributed by atoms with Crippen molar-refractivity contribution in [1.82, 2.24) is 9.78 Å². The molecule has 0 fully saturated rings. The van der Waals surface area contributed by atoms with Crippen LogP contribution in [0.1, 0.15) is 38.9 Å². The zero-order chi connectivity index (χ0) is 10.6. The molecule has 0 amide bonds. The van der Waals surface area contributed by atoms with E-state index in [1.807, 2.05) is 13.1 Å². The van der Waals surface area contributed by atoms with Gasteiger partial charge < -0.3 is 4.74 Å². The van der Waals surface area contributed by atoms with Gasteiger partial charge in [-0.25, -0.2) is 0 Å². The highest BCUT2D eigenvalue weighted by molar-refractivity contribution is 14.1. The van der Waals surface area contributed by atoms with E-state index in [0.717, 1.165) is 13.0 Å². The van der Waals surface area contributed by atoms with Gasteiger partial charge in [0.05, 0.1) is 22.1 Å². The van der Waals surface area contributed by atoms with Crippen LogP contribution in [0.25, 0.3) is 0 Å². The molecule has 0 bridgehead atoms. The second-order valence-corrected chi connectivity index (χ2v) is 4.44. The van der Waals surface area contributed by atoms with E-state index in [9.17, 15) is 0 Å². The first-order valence-corrected chi connectivity index (χ1v) is 6.08. The maximum Gasteiger partial charge on any atom is 0.0895 e. The highest BCUT2D eigenvalue weighted by Crippen LogP contribution is 2.18. The number of hydrogen-bond donors (Lipinski definition) is 0. The molecule has 4 heteroatoms. The molecular formula is C10H17IN2O. The molecular weight excluding hydrogens is 291 g/mol. The summed E-state index contributed by atoms with van der Waals surface area (Å²) in [5, 5.41) is 4.37. The number of halogens is 1. The summed E-state index contributed by atoms with van der Waals surface area (Å²) >= 11 is 2.31. The molecule has 1 aromatic rings. The van der Waals surface area contributed by atoms with Crippen molar-refractivity contribution >= 4 is 22.6 Å². The molecule has 1 heterocycles. The van der Waals surface area contributed by atoms with Gasteiger partial charge in [0.25, 0.3) is 0 Å². The molecule has 1 aromatic heterocycles. The molecule has 3 nitrogen and oxygen atoms in total. The van der Waals surface area contributed by atoms with Crippen molar-refractivity contribution in [2.75, 3.05) is 6.61 Å². The SMILES string of the molecule is CCOCc1c(I)cnn1C(C)CC. The predicted molar refractivity (Wildman–Crippen MR) is 65.3 cm³/mol. The summed E-state index contributed by atoms with van der Waals surface area (Å²) in [4.78, 5) is 0. The summed E-state index contributed by atoms with van der Waals surface area (Å²) < 4.78 is 8.69. The number of aromatic nitrogens is 2. The first kappa shape index (κ1) is 12.0. The van der Waals surface area contributed by atoms with Crippen LogP contribution in [0, 0.1) is 3.57 Å². The summed E-state index contributed by atoms with van der Waals surface area (Å²) in [6.45, 7) is 7.78. The Labute approximate surface area is 99.0 Å². The van der Waals surface area contributed by atoms with E-state index in [0.29, 0.717) is 12.6 Å². The van der Waals surface area contributed by atoms with Crippen molar-refractivity contribution in [3.63, 3.8) is 0 Å². The van der Waals surface area contributed by atoms with E-state index in [1.165, 1.54) is 9.26 Å². The first-order valence-electron chi connectivity index (χ1n) is 5.00. The van der Waals surface area contributed by atoms with Crippen LogP contribution >= 0.6 is 22.6 Å². The van der Waals surface area contributed by atoms with Crippen molar-refractivity contribution in [2.24, 2.45) is 0 Å². The van der Waals surface area contributed by atoms with Crippen LogP contribution < -0.4 is 0 Å². The monoisotopic (exact) mass is 308 g/mol. The average molecular weight is 308 g/mol. The van der Waals surface area contributed by atoms with Crippen LogP contribution in [-0.2, 0) is 11.3 Å². The zero-order valence-corrected chi connectivity index (χ0v) is 11.1. The van der Waals surface area contributed by atoms with E-state index in [1.54, 1.807) is 0 Å². The molecule has 80 valence electrons. The van der Waals surface area contributed by atoms with Crippen LogP contribution in [0.2, 0.25) is 0 Å². The van der Waals surface area contributed by atoms with Crippen LogP contribution in [0.3, 0.4) is 0 Å². The molecule has 0 aliphatic carbocycles. The third-order valence-electron chi connectivity index (χ3n) is 2.30. The van der Waals surface area contributed by atoms with Crippen molar-refractivity contribution in [3.05, 3.63) is 15.5 Å². The van der Waals surface area contributed by atoms with Gasteiger partial charge in [-0.1, -0.05) is 6.92 Å². The molecule has 1 rings (SSSR count). The van der Waals surface area contributed by atoms with Crippen LogP contribution in [0.4, 0.5) is 0 Å². The Kier molecular flexibility index (Phi) is 4.88. The average Bonchev–Trinajstić information content (AvgIpc) is 2.56. The zero-order valence-electron chi connectivity index (χ0n) is 8.96. The molecule has 0 aliphatic rings. The summed E-state index contributed by atoms with van der Waals surface area (Å²) in [7, 11) is 0. The molecule has 0 aromatic carbocycles. The lowest BCUT2D eigenvalue weighted by molar-refractivity contribution is 0.125. The van der Waals surface area contributed by atoms with Gasteiger partial charge in [0.1, 0.15) is 0 Å². The Morgan fingerprint density at radius 1 is 1.57 bits per heavy atom. The van der Waals surface area contributed by atoms with E-state index >= 15 is 0 Å². The molecule has 1 atom stereocenters. The molecule has 1 unspecified atom stereocenters. The van der Waals surface area contributed by atoms with Gasteiger partial charge in [-0.2, -0.15) is 5.10 Å². The smallest absolute Gasteiger partial charge is 0.0895 e. The van der Waals surface area contributed by atoms with Crippen LogP contribution in [0.15, 0.2) is 6.20 Å². The number of nitrogens with zero attached hydrogens (tertiary/aromatic N) is 2. The van der Waals surface area contributed by atoms with Crippen molar-refractivity contribution in [3.8, 4) is 0 Å². The van der Waals surface area contributed by atoms with Crippen molar-refractivity contribution in [1.29, 1.82) is 0 Å². The Balaban J connectivity index is 2.82. The number of hydrogen-bond acceptors (Lipinski definition) is 2. The van der Waals surface area contributed by atoms with Gasteiger partial charge in [-0.15, -0.1) is 0 Å². The van der Waals surface area contributed by atoms with E-state index in [4.69, 9.17) is 4.74 Å². The van der Waals surface area contributed by atoms with E-state index in [-0.39, 0.29) is 0 Å². The minimum atomic E-state index is 0.453. The maximum atomic E-state index is 5.43. The quantitative estimate of drug-likeness (QED) is 0.782. The van der Waals surface area contributed by atoms with Crippen molar-refractivity contribution in [2.45, 2.75) is 39.8 Å². The summed E-state index contributed by atoms with van der Waals surface area (Å²) in [5.41, 5.74) is 1.20. The standard InChI is InChI=1S/C10H17IN2O/c1-4-8(3)13-10(7-14-5-2)9(11)6-12-13/h6,8H,4-5,7H2,1-3H3. The minimum Gasteiger partial charge on any atom is -0.375 e. The molecule has 14 heavy (non-hydrogen) atoms. The molecule has 0 saturated carbocycles. The highest BCUT2D eigenvalue weighted by Gasteiger charge is 2.12. The normalized spacial score (nSPS) is 13.1. The van der Waals surface area contributed by atoms with Crippen molar-refractivity contribution < 1.29 is 4.74 Å². The Bertz CT molecular complexity index is 286. The molecule has 0 aliphatic heterocycles. The summed E-state index contributed by atoms with van der Waals surface area (Å²) in [6.07, 6.45) is 3.00. The van der Waals surface area contributed by atoms with Gasteiger partial charge in [-0.05, 0) is 42.9 Å². The van der Waals surface area contributed by atoms with E-state index in [2.05, 4.69) is 46.2 Å². The van der Waals surface area contributed by atoms with E-state index < -0.39 is 0 Å². The third kappa shape index (κ3) is 2.70. The lowest BCUT2D eigenvalue weighted by atomic mass is 10.2. The van der Waals surface area contributed by atoms with Crippen LogP contribution in [0.5, 0.6) is 0 Å². The Hall–Kier alpha value is -0.100. The Morgan fingerprint density at radius 2 is 2.29 bits per heavy atom. The van der Waals surface area contributed by atoms with Gasteiger partial charge in [0, 0.05) is 12.6 Å². The minimum absolute atomic E-state index is 0.453. The second kappa shape index (κ2) is 5.70. The second-order valence-electron chi connectivity index (χ2n) is 3.28. The molecule has 0 radical (unpaired) electrons.